The number of benzene rings is 1. The number of aromatic hydroxyl groups is 1. The molecule has 3 heteroatoms. The maximum absolute atomic E-state index is 9.96. The summed E-state index contributed by atoms with van der Waals surface area (Å²) in [6, 6.07) is 6.02. The number of hydrogen-bond donors (Lipinski definition) is 2. The minimum atomic E-state index is 0.0328. The van der Waals surface area contributed by atoms with Crippen molar-refractivity contribution in [2.75, 3.05) is 16.8 Å². The van der Waals surface area contributed by atoms with Gasteiger partial charge in [-0.3, -0.25) is 0 Å². The molecule has 0 bridgehead atoms. The Morgan fingerprint density at radius 2 is 2.06 bits per heavy atom. The molecular formula is C13H20N2O. The van der Waals surface area contributed by atoms with E-state index < -0.39 is 0 Å². The van der Waals surface area contributed by atoms with Gasteiger partial charge in [-0.1, -0.05) is 6.07 Å². The van der Waals surface area contributed by atoms with Gasteiger partial charge in [-0.05, 0) is 39.8 Å². The number of fused-ring (bicyclic) bond motifs is 1. The fourth-order valence-electron chi connectivity index (χ4n) is 2.28. The summed E-state index contributed by atoms with van der Waals surface area (Å²) in [5, 5.41) is 13.4. The first-order valence-corrected chi connectivity index (χ1v) is 5.77. The molecule has 0 spiro atoms. The Bertz CT molecular complexity index is 399. The van der Waals surface area contributed by atoms with Crippen LogP contribution < -0.4 is 10.2 Å². The van der Waals surface area contributed by atoms with E-state index in [4.69, 9.17) is 0 Å². The second-order valence-electron chi connectivity index (χ2n) is 5.40. The van der Waals surface area contributed by atoms with Gasteiger partial charge < -0.3 is 15.3 Å². The molecule has 1 aliphatic rings. The number of hydrogen-bond acceptors (Lipinski definition) is 3. The quantitative estimate of drug-likeness (QED) is 0.764. The monoisotopic (exact) mass is 220 g/mol. The van der Waals surface area contributed by atoms with Crippen molar-refractivity contribution in [1.82, 2.24) is 0 Å². The highest BCUT2D eigenvalue weighted by molar-refractivity contribution is 5.79. The van der Waals surface area contributed by atoms with Gasteiger partial charge in [0.25, 0.3) is 0 Å². The fraction of sp³-hybridized carbons (Fsp3) is 0.538. The third kappa shape index (κ3) is 1.82. The van der Waals surface area contributed by atoms with Gasteiger partial charge in [0.1, 0.15) is 11.4 Å². The van der Waals surface area contributed by atoms with Gasteiger partial charge in [-0.25, -0.2) is 0 Å². The molecule has 0 aromatic heterocycles. The van der Waals surface area contributed by atoms with E-state index in [1.807, 2.05) is 12.1 Å². The summed E-state index contributed by atoms with van der Waals surface area (Å²) in [6.45, 7) is 9.55. The maximum Gasteiger partial charge on any atom is 0.141 e. The highest BCUT2D eigenvalue weighted by atomic mass is 16.3. The molecular weight excluding hydrogens is 200 g/mol. The highest BCUT2D eigenvalue weighted by Crippen LogP contribution is 2.41. The molecule has 0 radical (unpaired) electrons. The van der Waals surface area contributed by atoms with E-state index >= 15 is 0 Å². The highest BCUT2D eigenvalue weighted by Gasteiger charge is 2.32. The SMILES string of the molecule is CC(C)N1CC(C)(C)Nc2cccc(O)c21. The molecule has 1 aromatic carbocycles. The first kappa shape index (κ1) is 11.1. The zero-order valence-electron chi connectivity index (χ0n) is 10.4. The van der Waals surface area contributed by atoms with Crippen LogP contribution in [0.15, 0.2) is 18.2 Å². The lowest BCUT2D eigenvalue weighted by molar-refractivity contribution is 0.457. The van der Waals surface area contributed by atoms with E-state index in [-0.39, 0.29) is 5.54 Å². The second kappa shape index (κ2) is 3.58. The van der Waals surface area contributed by atoms with Crippen LogP contribution in [-0.4, -0.2) is 23.2 Å². The van der Waals surface area contributed by atoms with Crippen LogP contribution in [0, 0.1) is 0 Å². The molecule has 2 rings (SSSR count). The molecule has 0 saturated heterocycles. The first-order chi connectivity index (χ1) is 7.41. The predicted octanol–water partition coefficient (Wildman–Crippen LogP) is 2.81. The van der Waals surface area contributed by atoms with Crippen molar-refractivity contribution in [2.45, 2.75) is 39.3 Å². The molecule has 0 amide bonds. The van der Waals surface area contributed by atoms with Gasteiger partial charge in [-0.2, -0.15) is 0 Å². The molecule has 0 atom stereocenters. The van der Waals surface area contributed by atoms with Gasteiger partial charge in [0, 0.05) is 18.1 Å². The standard InChI is InChI=1S/C13H20N2O/c1-9(2)15-8-13(3,4)14-10-6-5-7-11(16)12(10)15/h5-7,9,14,16H,8H2,1-4H3. The van der Waals surface area contributed by atoms with Gasteiger partial charge in [0.15, 0.2) is 0 Å². The summed E-state index contributed by atoms with van der Waals surface area (Å²) in [6.07, 6.45) is 0. The lowest BCUT2D eigenvalue weighted by Crippen LogP contribution is -2.50. The summed E-state index contributed by atoms with van der Waals surface area (Å²) >= 11 is 0. The lowest BCUT2D eigenvalue weighted by atomic mass is 9.98. The van der Waals surface area contributed by atoms with Crippen molar-refractivity contribution >= 4 is 11.4 Å². The van der Waals surface area contributed by atoms with Crippen LogP contribution >= 0.6 is 0 Å². The molecule has 1 heterocycles. The van der Waals surface area contributed by atoms with Crippen LogP contribution in [-0.2, 0) is 0 Å². The smallest absolute Gasteiger partial charge is 0.141 e. The van der Waals surface area contributed by atoms with Crippen LogP contribution in [0.4, 0.5) is 11.4 Å². The Morgan fingerprint density at radius 1 is 1.38 bits per heavy atom. The van der Waals surface area contributed by atoms with Gasteiger partial charge in [0.2, 0.25) is 0 Å². The van der Waals surface area contributed by atoms with E-state index in [1.165, 1.54) is 0 Å². The van der Waals surface area contributed by atoms with Crippen molar-refractivity contribution in [3.63, 3.8) is 0 Å². The molecule has 1 aliphatic heterocycles. The Kier molecular flexibility index (Phi) is 2.49. The van der Waals surface area contributed by atoms with Crippen LogP contribution in [0.1, 0.15) is 27.7 Å². The Balaban J connectivity index is 2.52. The van der Waals surface area contributed by atoms with Crippen LogP contribution in [0.3, 0.4) is 0 Å². The Morgan fingerprint density at radius 3 is 2.69 bits per heavy atom. The molecule has 1 aromatic rings. The molecule has 88 valence electrons. The van der Waals surface area contributed by atoms with Crippen LogP contribution in [0.25, 0.3) is 0 Å². The van der Waals surface area contributed by atoms with E-state index in [0.29, 0.717) is 11.8 Å². The largest absolute Gasteiger partial charge is 0.506 e. The topological polar surface area (TPSA) is 35.5 Å². The zero-order valence-corrected chi connectivity index (χ0v) is 10.4. The Hall–Kier alpha value is -1.38. The van der Waals surface area contributed by atoms with Crippen molar-refractivity contribution in [1.29, 1.82) is 0 Å². The van der Waals surface area contributed by atoms with E-state index in [2.05, 4.69) is 37.9 Å². The number of rotatable bonds is 1. The minimum Gasteiger partial charge on any atom is -0.506 e. The maximum atomic E-state index is 9.96. The Labute approximate surface area is 97.1 Å². The number of nitrogens with one attached hydrogen (secondary N) is 1. The van der Waals surface area contributed by atoms with Crippen molar-refractivity contribution < 1.29 is 5.11 Å². The summed E-state index contributed by atoms with van der Waals surface area (Å²) in [7, 11) is 0. The molecule has 0 fully saturated rings. The fourth-order valence-corrected chi connectivity index (χ4v) is 2.28. The third-order valence-corrected chi connectivity index (χ3v) is 2.96. The number of phenolic OH excluding ortho intramolecular Hbond substituents is 1. The number of anilines is 2. The van der Waals surface area contributed by atoms with Crippen molar-refractivity contribution in [3.8, 4) is 5.75 Å². The van der Waals surface area contributed by atoms with Gasteiger partial charge in [0.05, 0.1) is 5.69 Å². The lowest BCUT2D eigenvalue weighted by Gasteiger charge is -2.44. The van der Waals surface area contributed by atoms with E-state index in [9.17, 15) is 5.11 Å². The van der Waals surface area contributed by atoms with Crippen LogP contribution in [0.2, 0.25) is 0 Å². The summed E-state index contributed by atoms with van der Waals surface area (Å²) in [5.74, 6) is 0.356. The van der Waals surface area contributed by atoms with E-state index in [1.54, 1.807) is 6.07 Å². The minimum absolute atomic E-state index is 0.0328. The van der Waals surface area contributed by atoms with Gasteiger partial charge in [-0.15, -0.1) is 0 Å². The summed E-state index contributed by atoms with van der Waals surface area (Å²) < 4.78 is 0. The summed E-state index contributed by atoms with van der Waals surface area (Å²) in [4.78, 5) is 2.25. The van der Waals surface area contributed by atoms with Crippen molar-refractivity contribution in [3.05, 3.63) is 18.2 Å². The normalized spacial score (nSPS) is 18.2. The first-order valence-electron chi connectivity index (χ1n) is 5.77. The van der Waals surface area contributed by atoms with Crippen LogP contribution in [0.5, 0.6) is 5.75 Å². The zero-order chi connectivity index (χ0) is 11.9. The molecule has 0 saturated carbocycles. The molecule has 16 heavy (non-hydrogen) atoms. The van der Waals surface area contributed by atoms with Gasteiger partial charge >= 0.3 is 0 Å². The molecule has 3 nitrogen and oxygen atoms in total. The van der Waals surface area contributed by atoms with E-state index in [0.717, 1.165) is 17.9 Å². The molecule has 2 N–H and O–H groups in total. The summed E-state index contributed by atoms with van der Waals surface area (Å²) in [5.41, 5.74) is 1.98. The predicted molar refractivity (Wildman–Crippen MR) is 68.3 cm³/mol. The number of para-hydroxylation sites is 1. The number of nitrogens with zero attached hydrogens (tertiary/aromatic N) is 1. The molecule has 0 aliphatic carbocycles. The third-order valence-electron chi connectivity index (χ3n) is 2.96. The molecule has 0 unspecified atom stereocenters. The second-order valence-corrected chi connectivity index (χ2v) is 5.40. The average Bonchev–Trinajstić information content (AvgIpc) is 2.14. The average molecular weight is 220 g/mol. The van der Waals surface area contributed by atoms with Crippen molar-refractivity contribution in [2.24, 2.45) is 0 Å². The number of phenols is 1.